The molecule has 0 saturated carbocycles. The number of carbonyl (C=O) groups is 1. The van der Waals surface area contributed by atoms with Gasteiger partial charge < -0.3 is 11.8 Å². The van der Waals surface area contributed by atoms with Crippen molar-refractivity contribution in [3.05, 3.63) is 6.92 Å². The summed E-state index contributed by atoms with van der Waals surface area (Å²) < 4.78 is 0. The van der Waals surface area contributed by atoms with Crippen LogP contribution in [0.3, 0.4) is 0 Å². The van der Waals surface area contributed by atoms with Gasteiger partial charge >= 0.3 is 0 Å². The zero-order chi connectivity index (χ0) is 9.97. The minimum Gasteiger partial charge on any atom is -0.342 e. The maximum absolute atomic E-state index is 11.5. The minimum atomic E-state index is 0. The zero-order valence-electron chi connectivity index (χ0n) is 9.32. The average Bonchev–Trinajstić information content (AvgIpc) is 2.27. The van der Waals surface area contributed by atoms with Gasteiger partial charge in [-0.15, -0.1) is 6.42 Å². The van der Waals surface area contributed by atoms with Gasteiger partial charge in [0.15, 0.2) is 5.91 Å². The predicted octanol–water partition coefficient (Wildman–Crippen LogP) is 0.905. The van der Waals surface area contributed by atoms with E-state index in [1.165, 1.54) is 25.8 Å². The van der Waals surface area contributed by atoms with Crippen LogP contribution in [0.1, 0.15) is 25.7 Å². The van der Waals surface area contributed by atoms with Gasteiger partial charge in [-0.05, 0) is 19.4 Å². The fourth-order valence-electron chi connectivity index (χ4n) is 2.54. The molecular weight excluding hydrogens is 265 g/mol. The Bertz CT molecular complexity index is 223. The minimum absolute atomic E-state index is 0. The Hall–Kier alpha value is 0.534. The molecule has 0 bridgehead atoms. The van der Waals surface area contributed by atoms with E-state index in [2.05, 4.69) is 11.8 Å². The van der Waals surface area contributed by atoms with Crippen molar-refractivity contribution < 1.29 is 37.5 Å². The van der Waals surface area contributed by atoms with Gasteiger partial charge in [0, 0.05) is 58.4 Å². The Morgan fingerprint density at radius 1 is 1.27 bits per heavy atom. The predicted molar refractivity (Wildman–Crippen MR) is 55.8 cm³/mol. The van der Waals surface area contributed by atoms with Crippen LogP contribution in [0.5, 0.6) is 0 Å². The molecule has 2 saturated heterocycles. The standard InChI is InChI=1S/C11H19N2O.Y/c1-2-11(14)13-8-7-12-6-4-3-5-10(12)9-13;/h10H,1-9H2;/q-1;. The Balaban J connectivity index is 0.00000112. The summed E-state index contributed by atoms with van der Waals surface area (Å²) in [5.74, 6) is 0.218. The van der Waals surface area contributed by atoms with Crippen LogP contribution in [0, 0.1) is 6.92 Å². The summed E-state index contributed by atoms with van der Waals surface area (Å²) in [7, 11) is 0. The topological polar surface area (TPSA) is 23.6 Å². The zero-order valence-corrected chi connectivity index (χ0v) is 12.2. The second kappa shape index (κ2) is 6.31. The van der Waals surface area contributed by atoms with E-state index < -0.39 is 0 Å². The fourth-order valence-corrected chi connectivity index (χ4v) is 2.54. The molecule has 0 aromatic carbocycles. The molecule has 2 rings (SSSR count). The van der Waals surface area contributed by atoms with E-state index in [1.54, 1.807) is 0 Å². The van der Waals surface area contributed by atoms with Gasteiger partial charge in [0.2, 0.25) is 0 Å². The van der Waals surface area contributed by atoms with E-state index in [4.69, 9.17) is 0 Å². The Kier molecular flexibility index (Phi) is 5.72. The Morgan fingerprint density at radius 3 is 2.80 bits per heavy atom. The van der Waals surface area contributed by atoms with Crippen LogP contribution in [-0.4, -0.2) is 47.9 Å². The molecule has 0 aliphatic carbocycles. The van der Waals surface area contributed by atoms with Gasteiger partial charge in [-0.2, -0.15) is 0 Å². The molecule has 0 spiro atoms. The molecule has 3 nitrogen and oxygen atoms in total. The number of carbonyl (C=O) groups excluding carboxylic acids is 1. The molecule has 1 unspecified atom stereocenters. The number of rotatable bonds is 1. The van der Waals surface area contributed by atoms with Crippen molar-refractivity contribution in [2.45, 2.75) is 31.7 Å². The monoisotopic (exact) mass is 284 g/mol. The van der Waals surface area contributed by atoms with E-state index in [1.807, 2.05) is 4.90 Å². The summed E-state index contributed by atoms with van der Waals surface area (Å²) in [5.41, 5.74) is 0. The molecule has 2 aliphatic heterocycles. The van der Waals surface area contributed by atoms with Gasteiger partial charge in [-0.25, -0.2) is 0 Å². The molecule has 15 heavy (non-hydrogen) atoms. The third kappa shape index (κ3) is 3.24. The smallest absolute Gasteiger partial charge is 0.192 e. The van der Waals surface area contributed by atoms with Crippen LogP contribution in [-0.2, 0) is 37.5 Å². The average molecular weight is 284 g/mol. The summed E-state index contributed by atoms with van der Waals surface area (Å²) in [5, 5.41) is 0. The molecule has 0 aromatic heterocycles. The van der Waals surface area contributed by atoms with Crippen molar-refractivity contribution in [3.8, 4) is 0 Å². The van der Waals surface area contributed by atoms with Crippen molar-refractivity contribution >= 4 is 5.91 Å². The van der Waals surface area contributed by atoms with Crippen LogP contribution < -0.4 is 0 Å². The maximum atomic E-state index is 11.5. The van der Waals surface area contributed by atoms with Gasteiger partial charge in [-0.1, -0.05) is 6.42 Å². The number of nitrogens with zero attached hydrogens (tertiary/aromatic N) is 2. The van der Waals surface area contributed by atoms with Gasteiger partial charge in [-0.3, -0.25) is 9.69 Å². The molecule has 2 aliphatic rings. The quantitative estimate of drug-likeness (QED) is 0.668. The maximum Gasteiger partial charge on any atom is 0.192 e. The third-order valence-corrected chi connectivity index (χ3v) is 3.40. The van der Waals surface area contributed by atoms with E-state index in [-0.39, 0.29) is 38.6 Å². The first-order valence-electron chi connectivity index (χ1n) is 5.62. The first-order valence-corrected chi connectivity index (χ1v) is 5.62. The van der Waals surface area contributed by atoms with Crippen molar-refractivity contribution in [2.75, 3.05) is 26.2 Å². The molecule has 0 N–H and O–H groups in total. The second-order valence-electron chi connectivity index (χ2n) is 4.28. The molecule has 0 aromatic rings. The van der Waals surface area contributed by atoms with E-state index in [9.17, 15) is 4.79 Å². The molecule has 1 radical (unpaired) electrons. The Labute approximate surface area is 117 Å². The summed E-state index contributed by atoms with van der Waals surface area (Å²) in [6.45, 7) is 7.81. The van der Waals surface area contributed by atoms with Crippen molar-refractivity contribution in [1.82, 2.24) is 9.80 Å². The van der Waals surface area contributed by atoms with E-state index in [0.29, 0.717) is 12.5 Å². The largest absolute Gasteiger partial charge is 0.342 e. The molecule has 83 valence electrons. The molecule has 1 atom stereocenters. The fraction of sp³-hybridized carbons (Fsp3) is 0.818. The van der Waals surface area contributed by atoms with Crippen LogP contribution in [0.15, 0.2) is 0 Å². The SMILES string of the molecule is [CH2-]CC(=O)N1CCN2CCCCC2C1.[Y]. The molecule has 4 heteroatoms. The number of piperidine rings is 1. The summed E-state index contributed by atoms with van der Waals surface area (Å²) in [6, 6.07) is 0.632. The molecule has 1 amide bonds. The van der Waals surface area contributed by atoms with Gasteiger partial charge in [0.25, 0.3) is 0 Å². The second-order valence-corrected chi connectivity index (χ2v) is 4.28. The van der Waals surface area contributed by atoms with Crippen LogP contribution >= 0.6 is 0 Å². The van der Waals surface area contributed by atoms with Crippen LogP contribution in [0.25, 0.3) is 0 Å². The van der Waals surface area contributed by atoms with Crippen molar-refractivity contribution in [2.24, 2.45) is 0 Å². The van der Waals surface area contributed by atoms with Crippen LogP contribution in [0.4, 0.5) is 0 Å². The normalized spacial score (nSPS) is 26.7. The first kappa shape index (κ1) is 13.6. The first-order chi connectivity index (χ1) is 6.81. The van der Waals surface area contributed by atoms with E-state index in [0.717, 1.165) is 19.6 Å². The van der Waals surface area contributed by atoms with Crippen LogP contribution in [0.2, 0.25) is 0 Å². The summed E-state index contributed by atoms with van der Waals surface area (Å²) >= 11 is 0. The number of amides is 1. The number of hydrogen-bond acceptors (Lipinski definition) is 2. The van der Waals surface area contributed by atoms with Gasteiger partial charge in [0.1, 0.15) is 0 Å². The van der Waals surface area contributed by atoms with Crippen molar-refractivity contribution in [3.63, 3.8) is 0 Å². The Morgan fingerprint density at radius 2 is 2.07 bits per heavy atom. The van der Waals surface area contributed by atoms with Gasteiger partial charge in [0.05, 0.1) is 0 Å². The summed E-state index contributed by atoms with van der Waals surface area (Å²) in [6.07, 6.45) is 4.33. The number of piperazine rings is 1. The number of hydrogen-bond donors (Lipinski definition) is 0. The summed E-state index contributed by atoms with van der Waals surface area (Å²) in [4.78, 5) is 16.0. The third-order valence-electron chi connectivity index (χ3n) is 3.40. The van der Waals surface area contributed by atoms with E-state index >= 15 is 0 Å². The molecular formula is C11H19N2OY-. The number of fused-ring (bicyclic) bond motifs is 1. The van der Waals surface area contributed by atoms with Crippen molar-refractivity contribution in [1.29, 1.82) is 0 Å². The molecule has 2 fully saturated rings. The molecule has 2 heterocycles.